The molecule has 1 aliphatic carbocycles. The van der Waals surface area contributed by atoms with Gasteiger partial charge in [0.05, 0.1) is 0 Å². The van der Waals surface area contributed by atoms with E-state index in [0.717, 1.165) is 36.7 Å². The number of likely N-dealkylation sites (N-methyl/N-ethyl adjacent to an activating group) is 1. The topological polar surface area (TPSA) is 18.5 Å². The lowest BCUT2D eigenvalue weighted by molar-refractivity contribution is 0.277. The molecule has 2 fully saturated rings. The van der Waals surface area contributed by atoms with Crippen molar-refractivity contribution in [2.45, 2.75) is 44.6 Å². The number of rotatable bonds is 4. The van der Waals surface area contributed by atoms with Gasteiger partial charge in [0.15, 0.2) is 5.11 Å². The lowest BCUT2D eigenvalue weighted by atomic mass is 9.96. The molecule has 2 aliphatic rings. The second-order valence-electron chi connectivity index (χ2n) is 5.98. The highest BCUT2D eigenvalue weighted by atomic mass is 32.1. The van der Waals surface area contributed by atoms with Crippen LogP contribution in [-0.4, -0.2) is 54.7 Å². The maximum absolute atomic E-state index is 5.57. The molecule has 0 aromatic rings. The predicted octanol–water partition coefficient (Wildman–Crippen LogP) is 2.08. The van der Waals surface area contributed by atoms with Crippen molar-refractivity contribution in [3.8, 4) is 0 Å². The van der Waals surface area contributed by atoms with Crippen LogP contribution in [0.4, 0.5) is 0 Å². The Bertz CT molecular complexity index is 274. The summed E-state index contributed by atoms with van der Waals surface area (Å²) in [5, 5.41) is 4.42. The monoisotopic (exact) mass is 269 g/mol. The van der Waals surface area contributed by atoms with Gasteiger partial charge in [-0.15, -0.1) is 0 Å². The fraction of sp³-hybridized carbons (Fsp3) is 0.929. The minimum absolute atomic E-state index is 0.729. The molecule has 1 saturated carbocycles. The first-order valence-electron chi connectivity index (χ1n) is 7.37. The largest absolute Gasteiger partial charge is 0.361 e. The summed E-state index contributed by atoms with van der Waals surface area (Å²) < 4.78 is 0. The van der Waals surface area contributed by atoms with Crippen molar-refractivity contribution in [2.24, 2.45) is 5.92 Å². The normalized spacial score (nSPS) is 25.1. The summed E-state index contributed by atoms with van der Waals surface area (Å²) in [6, 6.07) is 0.729. The first-order valence-corrected chi connectivity index (χ1v) is 7.78. The highest BCUT2D eigenvalue weighted by Gasteiger charge is 2.34. The maximum atomic E-state index is 5.57. The van der Waals surface area contributed by atoms with Gasteiger partial charge in [-0.05, 0) is 57.9 Å². The van der Waals surface area contributed by atoms with Gasteiger partial charge in [0, 0.05) is 25.7 Å². The number of hydrogen-bond donors (Lipinski definition) is 1. The van der Waals surface area contributed by atoms with Crippen molar-refractivity contribution in [3.63, 3.8) is 0 Å². The Morgan fingerprint density at radius 1 is 1.22 bits per heavy atom. The second kappa shape index (κ2) is 6.71. The van der Waals surface area contributed by atoms with Crippen molar-refractivity contribution >= 4 is 17.3 Å². The van der Waals surface area contributed by atoms with Crippen LogP contribution >= 0.6 is 12.2 Å². The molecule has 104 valence electrons. The van der Waals surface area contributed by atoms with E-state index >= 15 is 0 Å². The molecule has 1 heterocycles. The van der Waals surface area contributed by atoms with Crippen LogP contribution in [0.3, 0.4) is 0 Å². The summed E-state index contributed by atoms with van der Waals surface area (Å²) in [7, 11) is 4.20. The van der Waals surface area contributed by atoms with E-state index in [1.807, 2.05) is 0 Å². The van der Waals surface area contributed by atoms with Crippen LogP contribution in [0.5, 0.6) is 0 Å². The van der Waals surface area contributed by atoms with E-state index in [0.29, 0.717) is 0 Å². The summed E-state index contributed by atoms with van der Waals surface area (Å²) in [6.45, 7) is 3.16. The fourth-order valence-corrected chi connectivity index (χ4v) is 3.69. The minimum Gasteiger partial charge on any atom is -0.361 e. The van der Waals surface area contributed by atoms with Crippen molar-refractivity contribution in [3.05, 3.63) is 0 Å². The smallest absolute Gasteiger partial charge is 0.169 e. The Balaban J connectivity index is 1.80. The van der Waals surface area contributed by atoms with E-state index in [1.165, 1.54) is 38.5 Å². The SMILES string of the molecule is CN(C)CCNC(=S)N1CCC[C@@H]1C1CCCC1. The molecule has 4 heteroatoms. The second-order valence-corrected chi connectivity index (χ2v) is 6.37. The molecule has 0 radical (unpaired) electrons. The van der Waals surface area contributed by atoms with Crippen LogP contribution in [0, 0.1) is 5.92 Å². The van der Waals surface area contributed by atoms with Crippen LogP contribution in [0.2, 0.25) is 0 Å². The Morgan fingerprint density at radius 2 is 1.94 bits per heavy atom. The van der Waals surface area contributed by atoms with Crippen LogP contribution in [0.15, 0.2) is 0 Å². The third kappa shape index (κ3) is 3.58. The Kier molecular flexibility index (Phi) is 5.25. The molecule has 1 saturated heterocycles. The van der Waals surface area contributed by atoms with Crippen molar-refractivity contribution in [1.82, 2.24) is 15.1 Å². The Labute approximate surface area is 117 Å². The molecule has 3 nitrogen and oxygen atoms in total. The van der Waals surface area contributed by atoms with Gasteiger partial charge in [-0.1, -0.05) is 12.8 Å². The minimum atomic E-state index is 0.729. The third-order valence-electron chi connectivity index (χ3n) is 4.34. The predicted molar refractivity (Wildman–Crippen MR) is 80.8 cm³/mol. The molecule has 0 aromatic heterocycles. The zero-order valence-electron chi connectivity index (χ0n) is 11.8. The van der Waals surface area contributed by atoms with E-state index < -0.39 is 0 Å². The Morgan fingerprint density at radius 3 is 2.61 bits per heavy atom. The van der Waals surface area contributed by atoms with Gasteiger partial charge in [-0.25, -0.2) is 0 Å². The molecular formula is C14H27N3S. The average molecular weight is 269 g/mol. The molecule has 18 heavy (non-hydrogen) atoms. The van der Waals surface area contributed by atoms with E-state index in [-0.39, 0.29) is 0 Å². The quantitative estimate of drug-likeness (QED) is 0.787. The first-order chi connectivity index (χ1) is 8.68. The van der Waals surface area contributed by atoms with Crippen LogP contribution in [0.25, 0.3) is 0 Å². The van der Waals surface area contributed by atoms with Crippen LogP contribution < -0.4 is 5.32 Å². The molecule has 2 rings (SSSR count). The van der Waals surface area contributed by atoms with E-state index in [1.54, 1.807) is 0 Å². The summed E-state index contributed by atoms with van der Waals surface area (Å²) in [5.41, 5.74) is 0. The number of nitrogens with one attached hydrogen (secondary N) is 1. The van der Waals surface area contributed by atoms with Gasteiger partial charge >= 0.3 is 0 Å². The summed E-state index contributed by atoms with van der Waals surface area (Å²) in [6.07, 6.45) is 8.35. The van der Waals surface area contributed by atoms with Crippen molar-refractivity contribution in [1.29, 1.82) is 0 Å². The molecule has 0 unspecified atom stereocenters. The molecule has 0 bridgehead atoms. The van der Waals surface area contributed by atoms with Gasteiger partial charge in [0.25, 0.3) is 0 Å². The number of nitrogens with zero attached hydrogens (tertiary/aromatic N) is 2. The molecule has 0 amide bonds. The van der Waals surface area contributed by atoms with Gasteiger partial charge in [0.2, 0.25) is 0 Å². The van der Waals surface area contributed by atoms with E-state index in [9.17, 15) is 0 Å². The molecule has 1 N–H and O–H groups in total. The standard InChI is InChI=1S/C14H27N3S/c1-16(2)11-9-15-14(18)17-10-5-8-13(17)12-6-3-4-7-12/h12-13H,3-11H2,1-2H3,(H,15,18)/t13-/m1/s1. The molecular weight excluding hydrogens is 242 g/mol. The van der Waals surface area contributed by atoms with Gasteiger partial charge in [-0.3, -0.25) is 0 Å². The lowest BCUT2D eigenvalue weighted by Crippen LogP contribution is -2.46. The Hall–Kier alpha value is -0.350. The molecule has 1 atom stereocenters. The molecule has 0 aromatic carbocycles. The van der Waals surface area contributed by atoms with Gasteiger partial charge in [0.1, 0.15) is 0 Å². The molecule has 1 aliphatic heterocycles. The summed E-state index contributed by atoms with van der Waals surface area (Å²) >= 11 is 5.57. The fourth-order valence-electron chi connectivity index (χ4n) is 3.36. The molecule has 0 spiro atoms. The van der Waals surface area contributed by atoms with E-state index in [4.69, 9.17) is 12.2 Å². The van der Waals surface area contributed by atoms with Crippen LogP contribution in [0.1, 0.15) is 38.5 Å². The average Bonchev–Trinajstić information content (AvgIpc) is 2.99. The van der Waals surface area contributed by atoms with E-state index in [2.05, 4.69) is 29.2 Å². The first kappa shape index (κ1) is 14.1. The maximum Gasteiger partial charge on any atom is 0.169 e. The van der Waals surface area contributed by atoms with Crippen molar-refractivity contribution in [2.75, 3.05) is 33.7 Å². The van der Waals surface area contributed by atoms with Gasteiger partial charge < -0.3 is 15.1 Å². The highest BCUT2D eigenvalue weighted by Crippen LogP contribution is 2.35. The zero-order chi connectivity index (χ0) is 13.0. The number of likely N-dealkylation sites (tertiary alicyclic amines) is 1. The third-order valence-corrected chi connectivity index (χ3v) is 4.72. The number of thiocarbonyl (C=S) groups is 1. The van der Waals surface area contributed by atoms with Crippen LogP contribution in [-0.2, 0) is 0 Å². The lowest BCUT2D eigenvalue weighted by Gasteiger charge is -2.32. The van der Waals surface area contributed by atoms with Crippen molar-refractivity contribution < 1.29 is 0 Å². The van der Waals surface area contributed by atoms with Gasteiger partial charge in [-0.2, -0.15) is 0 Å². The summed E-state index contributed by atoms with van der Waals surface area (Å²) in [5.74, 6) is 0.904. The highest BCUT2D eigenvalue weighted by molar-refractivity contribution is 7.80. The summed E-state index contributed by atoms with van der Waals surface area (Å²) in [4.78, 5) is 4.66. The number of hydrogen-bond acceptors (Lipinski definition) is 2. The zero-order valence-corrected chi connectivity index (χ0v) is 12.6.